The first kappa shape index (κ1) is 22.8. The van der Waals surface area contributed by atoms with Gasteiger partial charge in [-0.3, -0.25) is 4.79 Å². The zero-order valence-corrected chi connectivity index (χ0v) is 18.8. The molecule has 0 radical (unpaired) electrons. The van der Waals surface area contributed by atoms with Gasteiger partial charge in [0.05, 0.1) is 21.3 Å². The number of alkyl halides is 3. The lowest BCUT2D eigenvalue weighted by molar-refractivity contribution is -0.136. The third kappa shape index (κ3) is 4.84. The monoisotopic (exact) mass is 469 g/mol. The zero-order chi connectivity index (χ0) is 23.0. The Balaban J connectivity index is 1.49. The smallest absolute Gasteiger partial charge is 0.417 e. The van der Waals surface area contributed by atoms with Gasteiger partial charge in [-0.05, 0) is 31.7 Å². The van der Waals surface area contributed by atoms with Gasteiger partial charge in [-0.2, -0.15) is 13.2 Å². The number of halogens is 3. The van der Waals surface area contributed by atoms with Crippen molar-refractivity contribution in [3.63, 3.8) is 0 Å². The molecule has 10 heteroatoms. The lowest BCUT2D eigenvalue weighted by atomic mass is 10.1. The maximum Gasteiger partial charge on any atom is 0.417 e. The normalized spacial score (nSPS) is 18.6. The Morgan fingerprint density at radius 3 is 2.56 bits per heavy atom. The van der Waals surface area contributed by atoms with Crippen LogP contribution in [0, 0.1) is 5.92 Å². The molecule has 0 unspecified atom stereocenters. The van der Waals surface area contributed by atoms with Gasteiger partial charge >= 0.3 is 12.3 Å². The largest absolute Gasteiger partial charge is 0.446 e. The standard InChI is InChI=1S/C22H26F3N3O3S/c1-3-17(29)15-11-32-20-16(22(23,24)25)10-18(27-19(15)20)28-8-6-14(7-9-28)31-21(30)26-12(2)13-4-5-13/h10-14H,3-9H2,1-2H3,(H,26,30)/t12-/m0/s1. The van der Waals surface area contributed by atoms with Gasteiger partial charge in [-0.15, -0.1) is 11.3 Å². The highest BCUT2D eigenvalue weighted by Crippen LogP contribution is 2.41. The fourth-order valence-electron chi connectivity index (χ4n) is 4.04. The minimum atomic E-state index is -4.55. The van der Waals surface area contributed by atoms with Crippen molar-refractivity contribution in [2.24, 2.45) is 5.92 Å². The van der Waals surface area contributed by atoms with Crippen molar-refractivity contribution < 1.29 is 27.5 Å². The van der Waals surface area contributed by atoms with E-state index in [4.69, 9.17) is 4.74 Å². The summed E-state index contributed by atoms with van der Waals surface area (Å²) < 4.78 is 46.7. The Bertz CT molecular complexity index is 1010. The number of carbonyl (C=O) groups is 2. The van der Waals surface area contributed by atoms with Crippen LogP contribution in [0.1, 0.15) is 61.9 Å². The zero-order valence-electron chi connectivity index (χ0n) is 18.0. The lowest BCUT2D eigenvalue weighted by Crippen LogP contribution is -2.42. The van der Waals surface area contributed by atoms with E-state index < -0.39 is 17.8 Å². The van der Waals surface area contributed by atoms with Crippen molar-refractivity contribution in [1.82, 2.24) is 10.3 Å². The minimum absolute atomic E-state index is 0.0160. The van der Waals surface area contributed by atoms with Crippen LogP contribution >= 0.6 is 11.3 Å². The molecular formula is C22H26F3N3O3S. The summed E-state index contributed by atoms with van der Waals surface area (Å²) in [5.41, 5.74) is -0.428. The van der Waals surface area contributed by atoms with Gasteiger partial charge < -0.3 is 15.0 Å². The summed E-state index contributed by atoms with van der Waals surface area (Å²) in [7, 11) is 0. The Morgan fingerprint density at radius 2 is 1.97 bits per heavy atom. The second-order valence-electron chi connectivity index (χ2n) is 8.49. The van der Waals surface area contributed by atoms with Crippen LogP contribution in [0.25, 0.3) is 10.2 Å². The van der Waals surface area contributed by atoms with Gasteiger partial charge in [-0.1, -0.05) is 6.92 Å². The summed E-state index contributed by atoms with van der Waals surface area (Å²) in [4.78, 5) is 30.5. The number of rotatable bonds is 6. The molecule has 1 aliphatic heterocycles. The fourth-order valence-corrected chi connectivity index (χ4v) is 5.09. The van der Waals surface area contributed by atoms with Crippen molar-refractivity contribution in [2.75, 3.05) is 18.0 Å². The van der Waals surface area contributed by atoms with Gasteiger partial charge in [-0.25, -0.2) is 9.78 Å². The first-order valence-electron chi connectivity index (χ1n) is 10.9. The SMILES string of the molecule is CCC(=O)c1csc2c(C(F)(F)F)cc(N3CCC(OC(=O)N[C@@H](C)C4CC4)CC3)nc12. The summed E-state index contributed by atoms with van der Waals surface area (Å²) in [6.45, 7) is 4.45. The maximum atomic E-state index is 13.7. The number of anilines is 1. The van der Waals surface area contributed by atoms with Crippen LogP contribution < -0.4 is 10.2 Å². The number of nitrogens with one attached hydrogen (secondary N) is 1. The van der Waals surface area contributed by atoms with Crippen molar-refractivity contribution in [1.29, 1.82) is 0 Å². The van der Waals surface area contributed by atoms with Crippen molar-refractivity contribution in [3.05, 3.63) is 22.6 Å². The molecular weight excluding hydrogens is 443 g/mol. The molecule has 1 aliphatic carbocycles. The Kier molecular flexibility index (Phi) is 6.33. The van der Waals surface area contributed by atoms with Crippen LogP contribution in [0.15, 0.2) is 11.4 Å². The maximum absolute atomic E-state index is 13.7. The van der Waals surface area contributed by atoms with Crippen LogP contribution in [-0.4, -0.2) is 42.1 Å². The number of piperidine rings is 1. The highest BCUT2D eigenvalue weighted by Gasteiger charge is 2.36. The number of amides is 1. The third-order valence-electron chi connectivity index (χ3n) is 6.15. The molecule has 4 rings (SSSR count). The van der Waals surface area contributed by atoms with Gasteiger partial charge in [0.15, 0.2) is 5.78 Å². The quantitative estimate of drug-likeness (QED) is 0.574. The highest BCUT2D eigenvalue weighted by atomic mass is 32.1. The number of ketones is 1. The van der Waals surface area contributed by atoms with E-state index in [-0.39, 0.29) is 45.9 Å². The number of thiophene rings is 1. The molecule has 6 nitrogen and oxygen atoms in total. The summed E-state index contributed by atoms with van der Waals surface area (Å²) in [5.74, 6) is 0.487. The third-order valence-corrected chi connectivity index (χ3v) is 7.15. The molecule has 0 aromatic carbocycles. The summed E-state index contributed by atoms with van der Waals surface area (Å²) in [6, 6.07) is 1.15. The Hall–Kier alpha value is -2.36. The number of hydrogen-bond donors (Lipinski definition) is 1. The van der Waals surface area contributed by atoms with Crippen molar-refractivity contribution in [3.8, 4) is 0 Å². The van der Waals surface area contributed by atoms with E-state index in [2.05, 4.69) is 10.3 Å². The molecule has 1 amide bonds. The molecule has 2 aliphatic rings. The van der Waals surface area contributed by atoms with Gasteiger partial charge in [0.1, 0.15) is 11.9 Å². The van der Waals surface area contributed by atoms with Gasteiger partial charge in [0.25, 0.3) is 0 Å². The average molecular weight is 470 g/mol. The van der Waals surface area contributed by atoms with Crippen LogP contribution in [0.5, 0.6) is 0 Å². The summed E-state index contributed by atoms with van der Waals surface area (Å²) in [6.07, 6.45) is -1.86. The second-order valence-corrected chi connectivity index (χ2v) is 9.37. The molecule has 3 heterocycles. The van der Waals surface area contributed by atoms with Gasteiger partial charge in [0, 0.05) is 43.8 Å². The molecule has 1 saturated carbocycles. The molecule has 1 saturated heterocycles. The first-order chi connectivity index (χ1) is 15.2. The molecule has 1 atom stereocenters. The van der Waals surface area contributed by atoms with E-state index in [1.807, 2.05) is 6.92 Å². The van der Waals surface area contributed by atoms with E-state index in [9.17, 15) is 22.8 Å². The van der Waals surface area contributed by atoms with E-state index >= 15 is 0 Å². The number of fused-ring (bicyclic) bond motifs is 1. The number of aromatic nitrogens is 1. The van der Waals surface area contributed by atoms with Crippen LogP contribution in [0.3, 0.4) is 0 Å². The minimum Gasteiger partial charge on any atom is -0.446 e. The predicted octanol–water partition coefficient (Wildman–Crippen LogP) is 5.40. The van der Waals surface area contributed by atoms with Crippen LogP contribution in [0.2, 0.25) is 0 Å². The van der Waals surface area contributed by atoms with E-state index in [1.165, 1.54) is 5.38 Å². The highest BCUT2D eigenvalue weighted by molar-refractivity contribution is 7.17. The average Bonchev–Trinajstić information content (AvgIpc) is 3.52. The molecule has 32 heavy (non-hydrogen) atoms. The Morgan fingerprint density at radius 1 is 1.28 bits per heavy atom. The molecule has 0 bridgehead atoms. The number of nitrogens with zero attached hydrogens (tertiary/aromatic N) is 2. The number of hydrogen-bond acceptors (Lipinski definition) is 6. The van der Waals surface area contributed by atoms with Crippen LogP contribution in [-0.2, 0) is 10.9 Å². The molecule has 1 N–H and O–H groups in total. The van der Waals surface area contributed by atoms with E-state index in [0.717, 1.165) is 30.2 Å². The molecule has 174 valence electrons. The number of Topliss-reactive ketones (excluding diaryl/α,β-unsaturated/α-hetero) is 1. The topological polar surface area (TPSA) is 71.5 Å². The first-order valence-corrected chi connectivity index (χ1v) is 11.8. The molecule has 0 spiro atoms. The fraction of sp³-hybridized carbons (Fsp3) is 0.591. The predicted molar refractivity (Wildman–Crippen MR) is 116 cm³/mol. The Labute approximate surface area is 188 Å². The lowest BCUT2D eigenvalue weighted by Gasteiger charge is -2.33. The number of alkyl carbamates (subject to hydrolysis) is 1. The second kappa shape index (κ2) is 8.88. The summed E-state index contributed by atoms with van der Waals surface area (Å²) >= 11 is 0.899. The summed E-state index contributed by atoms with van der Waals surface area (Å²) in [5, 5.41) is 4.31. The number of pyridine rings is 1. The molecule has 2 aromatic heterocycles. The molecule has 2 fully saturated rings. The number of carbonyl (C=O) groups excluding carboxylic acids is 2. The molecule has 2 aromatic rings. The van der Waals surface area contributed by atoms with Crippen LogP contribution in [0.4, 0.5) is 23.8 Å². The van der Waals surface area contributed by atoms with E-state index in [1.54, 1.807) is 11.8 Å². The van der Waals surface area contributed by atoms with Crippen molar-refractivity contribution >= 4 is 39.2 Å². The van der Waals surface area contributed by atoms with Gasteiger partial charge in [0.2, 0.25) is 0 Å². The van der Waals surface area contributed by atoms with E-state index in [0.29, 0.717) is 31.8 Å². The number of ether oxygens (including phenoxy) is 1. The van der Waals surface area contributed by atoms with Crippen molar-refractivity contribution in [2.45, 2.75) is 64.3 Å².